The van der Waals surface area contributed by atoms with Crippen molar-refractivity contribution in [1.82, 2.24) is 4.90 Å². The molecule has 0 bridgehead atoms. The molecule has 3 atom stereocenters. The second-order valence-electron chi connectivity index (χ2n) is 8.04. The van der Waals surface area contributed by atoms with Gasteiger partial charge in [0.1, 0.15) is 6.04 Å². The van der Waals surface area contributed by atoms with Crippen molar-refractivity contribution in [3.05, 3.63) is 0 Å². The number of likely N-dealkylation sites (tertiary alicyclic amines) is 1. The summed E-state index contributed by atoms with van der Waals surface area (Å²) in [5, 5.41) is 9.62. The van der Waals surface area contributed by atoms with E-state index in [1.807, 2.05) is 0 Å². The summed E-state index contributed by atoms with van der Waals surface area (Å²) in [5.41, 5.74) is 0.459. The minimum absolute atomic E-state index is 0.200. The van der Waals surface area contributed by atoms with Crippen LogP contribution in [0.2, 0.25) is 0 Å². The Kier molecular flexibility index (Phi) is 3.83. The molecule has 0 radical (unpaired) electrons. The van der Waals surface area contributed by atoms with Crippen LogP contribution >= 0.6 is 0 Å². The van der Waals surface area contributed by atoms with E-state index in [4.69, 9.17) is 0 Å². The highest BCUT2D eigenvalue weighted by molar-refractivity contribution is 5.74. The summed E-state index contributed by atoms with van der Waals surface area (Å²) in [6.07, 6.45) is 10.9. The highest BCUT2D eigenvalue weighted by atomic mass is 16.4. The van der Waals surface area contributed by atoms with Gasteiger partial charge in [0.05, 0.1) is 0 Å². The van der Waals surface area contributed by atoms with Gasteiger partial charge in [-0.2, -0.15) is 0 Å². The topological polar surface area (TPSA) is 40.5 Å². The van der Waals surface area contributed by atoms with E-state index in [0.717, 1.165) is 6.42 Å². The first-order valence-electron chi connectivity index (χ1n) is 8.48. The zero-order valence-electron chi connectivity index (χ0n) is 13.0. The first kappa shape index (κ1) is 14.4. The fourth-order valence-corrected chi connectivity index (χ4v) is 4.93. The molecule has 0 aromatic carbocycles. The Morgan fingerprint density at radius 1 is 1.10 bits per heavy atom. The van der Waals surface area contributed by atoms with Gasteiger partial charge in [-0.1, -0.05) is 26.7 Å². The summed E-state index contributed by atoms with van der Waals surface area (Å²) >= 11 is 0. The largest absolute Gasteiger partial charge is 0.480 e. The van der Waals surface area contributed by atoms with Gasteiger partial charge in [0, 0.05) is 12.1 Å². The van der Waals surface area contributed by atoms with Crippen molar-refractivity contribution in [3.8, 4) is 0 Å². The van der Waals surface area contributed by atoms with E-state index in [1.165, 1.54) is 51.4 Å². The first-order chi connectivity index (χ1) is 9.48. The molecular formula is C17H29NO2. The highest BCUT2D eigenvalue weighted by Crippen LogP contribution is 2.45. The lowest BCUT2D eigenvalue weighted by atomic mass is 9.74. The first-order valence-corrected chi connectivity index (χ1v) is 8.48. The van der Waals surface area contributed by atoms with Crippen molar-refractivity contribution in [2.24, 2.45) is 11.3 Å². The minimum atomic E-state index is -0.579. The molecule has 0 spiro atoms. The van der Waals surface area contributed by atoms with Crippen LogP contribution in [0.5, 0.6) is 0 Å². The molecule has 3 fully saturated rings. The van der Waals surface area contributed by atoms with Crippen molar-refractivity contribution < 1.29 is 9.90 Å². The van der Waals surface area contributed by atoms with Gasteiger partial charge in [-0.3, -0.25) is 9.69 Å². The van der Waals surface area contributed by atoms with E-state index in [0.29, 0.717) is 23.4 Å². The number of carbonyl (C=O) groups is 1. The van der Waals surface area contributed by atoms with Crippen molar-refractivity contribution in [2.45, 2.75) is 89.8 Å². The molecule has 3 unspecified atom stereocenters. The van der Waals surface area contributed by atoms with Crippen molar-refractivity contribution in [3.63, 3.8) is 0 Å². The standard InChI is InChI=1S/C17H29NO2/c1-17(2)9-7-13(8-10-17)18-14-6-4-3-5-12(14)11-15(18)16(19)20/h12-15H,3-11H2,1-2H3,(H,19,20). The van der Waals surface area contributed by atoms with Gasteiger partial charge in [-0.05, 0) is 56.3 Å². The Hall–Kier alpha value is -0.570. The number of aliphatic carboxylic acids is 1. The molecule has 114 valence electrons. The van der Waals surface area contributed by atoms with Gasteiger partial charge in [0.2, 0.25) is 0 Å². The van der Waals surface area contributed by atoms with Crippen LogP contribution in [0.25, 0.3) is 0 Å². The zero-order chi connectivity index (χ0) is 14.3. The van der Waals surface area contributed by atoms with Crippen LogP contribution in [0.1, 0.15) is 71.6 Å². The van der Waals surface area contributed by atoms with Crippen molar-refractivity contribution >= 4 is 5.97 Å². The summed E-state index contributed by atoms with van der Waals surface area (Å²) in [6.45, 7) is 4.70. The number of fused-ring (bicyclic) bond motifs is 1. The number of hydrogen-bond acceptors (Lipinski definition) is 2. The van der Waals surface area contributed by atoms with Crippen LogP contribution in [0.15, 0.2) is 0 Å². The van der Waals surface area contributed by atoms with Crippen molar-refractivity contribution in [1.29, 1.82) is 0 Å². The van der Waals surface area contributed by atoms with E-state index in [-0.39, 0.29) is 6.04 Å². The quantitative estimate of drug-likeness (QED) is 0.838. The zero-order valence-corrected chi connectivity index (χ0v) is 13.0. The predicted octanol–water partition coefficient (Wildman–Crippen LogP) is 3.67. The summed E-state index contributed by atoms with van der Waals surface area (Å²) in [6, 6.07) is 0.891. The van der Waals surface area contributed by atoms with Crippen LogP contribution < -0.4 is 0 Å². The molecule has 1 heterocycles. The molecule has 1 saturated heterocycles. The van der Waals surface area contributed by atoms with E-state index in [9.17, 15) is 9.90 Å². The Morgan fingerprint density at radius 3 is 2.40 bits per heavy atom. The van der Waals surface area contributed by atoms with Gasteiger partial charge in [0.25, 0.3) is 0 Å². The lowest BCUT2D eigenvalue weighted by molar-refractivity contribution is -0.144. The molecule has 0 amide bonds. The lowest BCUT2D eigenvalue weighted by Crippen LogP contribution is -2.50. The van der Waals surface area contributed by atoms with Gasteiger partial charge < -0.3 is 5.11 Å². The van der Waals surface area contributed by atoms with E-state index >= 15 is 0 Å². The molecular weight excluding hydrogens is 250 g/mol. The van der Waals surface area contributed by atoms with E-state index in [2.05, 4.69) is 18.7 Å². The molecule has 3 heteroatoms. The Bertz CT molecular complexity index is 369. The molecule has 0 aromatic rings. The molecule has 1 N–H and O–H groups in total. The number of nitrogens with zero attached hydrogens (tertiary/aromatic N) is 1. The van der Waals surface area contributed by atoms with Gasteiger partial charge in [0.15, 0.2) is 0 Å². The fourth-order valence-electron chi connectivity index (χ4n) is 4.93. The van der Waals surface area contributed by atoms with Gasteiger partial charge >= 0.3 is 5.97 Å². The third-order valence-electron chi connectivity index (χ3n) is 6.15. The number of rotatable bonds is 2. The molecule has 3 aliphatic rings. The number of carboxylic acid groups (broad SMARTS) is 1. The summed E-state index contributed by atoms with van der Waals surface area (Å²) in [4.78, 5) is 14.1. The molecule has 3 rings (SSSR count). The van der Waals surface area contributed by atoms with Gasteiger partial charge in [-0.25, -0.2) is 0 Å². The molecule has 1 aliphatic heterocycles. The molecule has 2 saturated carbocycles. The van der Waals surface area contributed by atoms with Gasteiger partial charge in [-0.15, -0.1) is 0 Å². The monoisotopic (exact) mass is 279 g/mol. The SMILES string of the molecule is CC1(C)CCC(N2C(C(=O)O)CC3CCCCC32)CC1. The van der Waals surface area contributed by atoms with Crippen LogP contribution in [0.4, 0.5) is 0 Å². The normalized spacial score (nSPS) is 38.6. The van der Waals surface area contributed by atoms with Crippen molar-refractivity contribution in [2.75, 3.05) is 0 Å². The number of carboxylic acids is 1. The van der Waals surface area contributed by atoms with Crippen LogP contribution in [-0.4, -0.2) is 34.1 Å². The molecule has 0 aromatic heterocycles. The minimum Gasteiger partial charge on any atom is -0.480 e. The van der Waals surface area contributed by atoms with Crippen LogP contribution in [0.3, 0.4) is 0 Å². The maximum atomic E-state index is 11.7. The average molecular weight is 279 g/mol. The Labute approximate surface area is 122 Å². The van der Waals surface area contributed by atoms with E-state index < -0.39 is 5.97 Å². The smallest absolute Gasteiger partial charge is 0.320 e. The summed E-state index contributed by atoms with van der Waals surface area (Å²) in [5.74, 6) is 0.0732. The molecule has 2 aliphatic carbocycles. The Balaban J connectivity index is 1.76. The summed E-state index contributed by atoms with van der Waals surface area (Å²) in [7, 11) is 0. The van der Waals surface area contributed by atoms with Crippen LogP contribution in [0, 0.1) is 11.3 Å². The number of hydrogen-bond donors (Lipinski definition) is 1. The lowest BCUT2D eigenvalue weighted by Gasteiger charge is -2.44. The Morgan fingerprint density at radius 2 is 1.75 bits per heavy atom. The molecule has 3 nitrogen and oxygen atoms in total. The highest BCUT2D eigenvalue weighted by Gasteiger charge is 2.48. The van der Waals surface area contributed by atoms with E-state index in [1.54, 1.807) is 0 Å². The maximum absolute atomic E-state index is 11.7. The molecule has 20 heavy (non-hydrogen) atoms. The van der Waals surface area contributed by atoms with Crippen LogP contribution in [-0.2, 0) is 4.79 Å². The second-order valence-corrected chi connectivity index (χ2v) is 8.04. The maximum Gasteiger partial charge on any atom is 0.320 e. The second kappa shape index (κ2) is 5.32. The average Bonchev–Trinajstić information content (AvgIpc) is 2.78. The summed E-state index contributed by atoms with van der Waals surface area (Å²) < 4.78 is 0. The third-order valence-corrected chi connectivity index (χ3v) is 6.15. The fraction of sp³-hybridized carbons (Fsp3) is 0.941. The third kappa shape index (κ3) is 2.61. The predicted molar refractivity (Wildman–Crippen MR) is 79.7 cm³/mol.